The number of aromatic nitrogens is 2. The Bertz CT molecular complexity index is 798. The summed E-state index contributed by atoms with van der Waals surface area (Å²) in [5, 5.41) is 2.96. The molecule has 2 saturated heterocycles. The van der Waals surface area contributed by atoms with Crippen LogP contribution in [0.2, 0.25) is 0 Å². The number of rotatable bonds is 3. The third kappa shape index (κ3) is 4.35. The largest absolute Gasteiger partial charge is 0.356 e. The van der Waals surface area contributed by atoms with E-state index in [9.17, 15) is 4.79 Å². The highest BCUT2D eigenvalue weighted by atomic mass is 16.2. The van der Waals surface area contributed by atoms with Crippen molar-refractivity contribution in [2.45, 2.75) is 26.2 Å². The number of para-hydroxylation sites is 1. The zero-order valence-corrected chi connectivity index (χ0v) is 16.5. The second-order valence-corrected chi connectivity index (χ2v) is 7.45. The van der Waals surface area contributed by atoms with Gasteiger partial charge in [-0.1, -0.05) is 18.2 Å². The molecule has 0 aliphatic carbocycles. The molecule has 1 N–H and O–H groups in total. The van der Waals surface area contributed by atoms with Crippen molar-refractivity contribution in [1.82, 2.24) is 14.9 Å². The molecule has 2 aliphatic heterocycles. The van der Waals surface area contributed by atoms with Gasteiger partial charge in [-0.15, -0.1) is 0 Å². The van der Waals surface area contributed by atoms with Crippen molar-refractivity contribution in [3.05, 3.63) is 42.2 Å². The Kier molecular flexibility index (Phi) is 5.60. The third-order valence-corrected chi connectivity index (χ3v) is 5.41. The van der Waals surface area contributed by atoms with Crippen LogP contribution in [0.3, 0.4) is 0 Å². The van der Waals surface area contributed by atoms with E-state index in [4.69, 9.17) is 0 Å². The number of urea groups is 1. The number of hydrogen-bond acceptors (Lipinski definition) is 5. The Labute approximate surface area is 166 Å². The monoisotopic (exact) mass is 380 g/mol. The lowest BCUT2D eigenvalue weighted by Gasteiger charge is -2.36. The lowest BCUT2D eigenvalue weighted by Crippen LogP contribution is -2.50. The topological polar surface area (TPSA) is 64.6 Å². The molecule has 148 valence electrons. The van der Waals surface area contributed by atoms with Gasteiger partial charge in [-0.05, 0) is 38.3 Å². The highest BCUT2D eigenvalue weighted by Gasteiger charge is 2.23. The maximum Gasteiger partial charge on any atom is 0.321 e. The molecule has 7 heteroatoms. The van der Waals surface area contributed by atoms with Crippen molar-refractivity contribution in [1.29, 1.82) is 0 Å². The Morgan fingerprint density at radius 1 is 0.857 bits per heavy atom. The SMILES string of the molecule is Cc1nc(N2CCCCC2)cc(N2CCN(C(=O)Nc3ccccc3)CC2)n1. The van der Waals surface area contributed by atoms with Crippen LogP contribution in [0.25, 0.3) is 0 Å². The molecule has 28 heavy (non-hydrogen) atoms. The summed E-state index contributed by atoms with van der Waals surface area (Å²) in [6.07, 6.45) is 3.77. The molecule has 0 bridgehead atoms. The van der Waals surface area contributed by atoms with Crippen LogP contribution in [0.15, 0.2) is 36.4 Å². The van der Waals surface area contributed by atoms with Crippen LogP contribution in [0, 0.1) is 6.92 Å². The lowest BCUT2D eigenvalue weighted by molar-refractivity contribution is 0.208. The number of amides is 2. The number of anilines is 3. The zero-order chi connectivity index (χ0) is 19.3. The second kappa shape index (κ2) is 8.46. The summed E-state index contributed by atoms with van der Waals surface area (Å²) in [4.78, 5) is 28.3. The molecule has 1 aromatic carbocycles. The van der Waals surface area contributed by atoms with Crippen molar-refractivity contribution >= 4 is 23.4 Å². The zero-order valence-electron chi connectivity index (χ0n) is 16.5. The number of benzene rings is 1. The van der Waals surface area contributed by atoms with E-state index >= 15 is 0 Å². The molecule has 3 heterocycles. The van der Waals surface area contributed by atoms with Gasteiger partial charge in [0.1, 0.15) is 17.5 Å². The molecule has 0 atom stereocenters. The predicted molar refractivity (Wildman–Crippen MR) is 112 cm³/mol. The Morgan fingerprint density at radius 2 is 1.46 bits per heavy atom. The number of carbonyl (C=O) groups is 1. The number of hydrogen-bond donors (Lipinski definition) is 1. The molecular formula is C21H28N6O. The molecule has 0 unspecified atom stereocenters. The summed E-state index contributed by atoms with van der Waals surface area (Å²) in [6.45, 7) is 7.02. The van der Waals surface area contributed by atoms with Gasteiger partial charge in [-0.3, -0.25) is 0 Å². The average molecular weight is 380 g/mol. The van der Waals surface area contributed by atoms with Gasteiger partial charge in [0.25, 0.3) is 0 Å². The molecule has 4 rings (SSSR count). The molecule has 0 radical (unpaired) electrons. The van der Waals surface area contributed by atoms with Gasteiger partial charge in [0.15, 0.2) is 0 Å². The maximum atomic E-state index is 12.5. The van der Waals surface area contributed by atoms with Crippen LogP contribution >= 0.6 is 0 Å². The Hall–Kier alpha value is -2.83. The van der Waals surface area contributed by atoms with E-state index in [1.165, 1.54) is 19.3 Å². The minimum Gasteiger partial charge on any atom is -0.356 e. The number of piperazine rings is 1. The van der Waals surface area contributed by atoms with E-state index in [2.05, 4.69) is 31.2 Å². The normalized spacial score (nSPS) is 17.5. The first-order valence-corrected chi connectivity index (χ1v) is 10.2. The number of carbonyl (C=O) groups excluding carboxylic acids is 1. The van der Waals surface area contributed by atoms with Gasteiger partial charge < -0.3 is 20.0 Å². The summed E-state index contributed by atoms with van der Waals surface area (Å²) < 4.78 is 0. The number of nitrogens with zero attached hydrogens (tertiary/aromatic N) is 5. The quantitative estimate of drug-likeness (QED) is 0.886. The first-order chi connectivity index (χ1) is 13.7. The third-order valence-electron chi connectivity index (χ3n) is 5.41. The van der Waals surface area contributed by atoms with Crippen molar-refractivity contribution in [3.63, 3.8) is 0 Å². The van der Waals surface area contributed by atoms with E-state index in [-0.39, 0.29) is 6.03 Å². The second-order valence-electron chi connectivity index (χ2n) is 7.45. The Morgan fingerprint density at radius 3 is 2.11 bits per heavy atom. The molecule has 1 aromatic heterocycles. The van der Waals surface area contributed by atoms with Crippen LogP contribution in [-0.4, -0.2) is 60.2 Å². The first-order valence-electron chi connectivity index (χ1n) is 10.2. The van der Waals surface area contributed by atoms with Crippen molar-refractivity contribution < 1.29 is 4.79 Å². The molecule has 0 saturated carbocycles. The van der Waals surface area contributed by atoms with Gasteiger partial charge in [0.2, 0.25) is 0 Å². The van der Waals surface area contributed by atoms with Crippen molar-refractivity contribution in [3.8, 4) is 0 Å². The van der Waals surface area contributed by atoms with Crippen LogP contribution < -0.4 is 15.1 Å². The molecule has 2 aromatic rings. The summed E-state index contributed by atoms with van der Waals surface area (Å²) in [5.41, 5.74) is 0.826. The summed E-state index contributed by atoms with van der Waals surface area (Å²) in [5.74, 6) is 2.81. The minimum atomic E-state index is -0.0428. The minimum absolute atomic E-state index is 0.0428. The smallest absolute Gasteiger partial charge is 0.321 e. The molecule has 2 amide bonds. The first kappa shape index (κ1) is 18.5. The maximum absolute atomic E-state index is 12.5. The average Bonchev–Trinajstić information content (AvgIpc) is 2.75. The van der Waals surface area contributed by atoms with Crippen molar-refractivity contribution in [2.24, 2.45) is 0 Å². The standard InChI is InChI=1S/C21H28N6O/c1-17-22-19(25-10-6-3-7-11-25)16-20(23-17)26-12-14-27(15-13-26)21(28)24-18-8-4-2-5-9-18/h2,4-5,8-9,16H,3,6-7,10-15H2,1H3,(H,24,28). The lowest BCUT2D eigenvalue weighted by atomic mass is 10.1. The highest BCUT2D eigenvalue weighted by Crippen LogP contribution is 2.23. The number of nitrogens with one attached hydrogen (secondary N) is 1. The van der Waals surface area contributed by atoms with Crippen LogP contribution in [0.4, 0.5) is 22.1 Å². The summed E-state index contributed by atoms with van der Waals surface area (Å²) in [6, 6.07) is 11.7. The molecular weight excluding hydrogens is 352 g/mol. The fraction of sp³-hybridized carbons (Fsp3) is 0.476. The van der Waals surface area contributed by atoms with Gasteiger partial charge in [0.05, 0.1) is 0 Å². The van der Waals surface area contributed by atoms with Gasteiger partial charge in [0, 0.05) is 51.0 Å². The Balaban J connectivity index is 1.38. The van der Waals surface area contributed by atoms with Gasteiger partial charge >= 0.3 is 6.03 Å². The van der Waals surface area contributed by atoms with Crippen LogP contribution in [0.1, 0.15) is 25.1 Å². The van der Waals surface area contributed by atoms with E-state index in [1.807, 2.05) is 42.2 Å². The van der Waals surface area contributed by atoms with E-state index < -0.39 is 0 Å². The van der Waals surface area contributed by atoms with Crippen molar-refractivity contribution in [2.75, 3.05) is 54.4 Å². The van der Waals surface area contributed by atoms with Gasteiger partial charge in [-0.2, -0.15) is 0 Å². The van der Waals surface area contributed by atoms with Crippen LogP contribution in [0.5, 0.6) is 0 Å². The number of piperidine rings is 1. The van der Waals surface area contributed by atoms with E-state index in [0.717, 1.165) is 49.3 Å². The molecule has 2 fully saturated rings. The fourth-order valence-electron chi connectivity index (χ4n) is 3.85. The fourth-order valence-corrected chi connectivity index (χ4v) is 3.85. The molecule has 2 aliphatic rings. The summed E-state index contributed by atoms with van der Waals surface area (Å²) >= 11 is 0. The predicted octanol–water partition coefficient (Wildman–Crippen LogP) is 3.13. The van der Waals surface area contributed by atoms with E-state index in [0.29, 0.717) is 13.1 Å². The summed E-state index contributed by atoms with van der Waals surface area (Å²) in [7, 11) is 0. The molecule has 7 nitrogen and oxygen atoms in total. The highest BCUT2D eigenvalue weighted by molar-refractivity contribution is 5.89. The van der Waals surface area contributed by atoms with Gasteiger partial charge in [-0.25, -0.2) is 14.8 Å². The van der Waals surface area contributed by atoms with E-state index in [1.54, 1.807) is 0 Å². The van der Waals surface area contributed by atoms with Crippen LogP contribution in [-0.2, 0) is 0 Å². The molecule has 0 spiro atoms. The number of aryl methyl sites for hydroxylation is 1.